The van der Waals surface area contributed by atoms with Crippen molar-refractivity contribution in [2.75, 3.05) is 37.6 Å². The number of hydrogen-bond acceptors (Lipinski definition) is 4. The zero-order valence-electron chi connectivity index (χ0n) is 12.4. The maximum atomic E-state index is 14.0. The van der Waals surface area contributed by atoms with Crippen molar-refractivity contribution in [1.29, 1.82) is 0 Å². The number of anilines is 1. The van der Waals surface area contributed by atoms with Crippen molar-refractivity contribution in [1.82, 2.24) is 9.88 Å². The molecule has 0 saturated carbocycles. The topological polar surface area (TPSA) is 56.7 Å². The predicted molar refractivity (Wildman–Crippen MR) is 82.7 cm³/mol. The first-order valence-corrected chi connectivity index (χ1v) is 7.29. The normalized spacial score (nSPS) is 16.2. The number of rotatable bonds is 3. The molecule has 1 saturated heterocycles. The van der Waals surface area contributed by atoms with E-state index in [9.17, 15) is 9.18 Å². The quantitative estimate of drug-likeness (QED) is 0.938. The van der Waals surface area contributed by atoms with Crippen LogP contribution in [0.3, 0.4) is 0 Å². The molecule has 6 heteroatoms. The van der Waals surface area contributed by atoms with Gasteiger partial charge in [-0.05, 0) is 24.6 Å². The van der Waals surface area contributed by atoms with E-state index in [0.29, 0.717) is 31.7 Å². The van der Waals surface area contributed by atoms with Gasteiger partial charge in [-0.15, -0.1) is 0 Å². The number of carbonyl (C=O) groups is 1. The van der Waals surface area contributed by atoms with E-state index in [-0.39, 0.29) is 12.4 Å². The van der Waals surface area contributed by atoms with Crippen LogP contribution < -0.4 is 4.90 Å². The Morgan fingerprint density at radius 2 is 2.05 bits per heavy atom. The second kappa shape index (κ2) is 5.88. The van der Waals surface area contributed by atoms with Crippen molar-refractivity contribution in [3.05, 3.63) is 35.6 Å². The first-order valence-electron chi connectivity index (χ1n) is 7.29. The summed E-state index contributed by atoms with van der Waals surface area (Å²) in [4.78, 5) is 19.2. The van der Waals surface area contributed by atoms with Crippen molar-refractivity contribution in [3.8, 4) is 0 Å². The minimum absolute atomic E-state index is 0.0621. The number of carboxylic acid groups (broad SMARTS) is 1. The third kappa shape index (κ3) is 2.87. The van der Waals surface area contributed by atoms with E-state index in [1.807, 2.05) is 24.0 Å². The van der Waals surface area contributed by atoms with Gasteiger partial charge in [0.05, 0.1) is 6.54 Å². The van der Waals surface area contributed by atoms with Crippen LogP contribution in [0, 0.1) is 12.7 Å². The van der Waals surface area contributed by atoms with E-state index in [1.165, 1.54) is 6.07 Å². The molecule has 2 heterocycles. The highest BCUT2D eigenvalue weighted by molar-refractivity contribution is 5.84. The van der Waals surface area contributed by atoms with Gasteiger partial charge in [0, 0.05) is 31.6 Å². The van der Waals surface area contributed by atoms with Crippen LogP contribution in [0.25, 0.3) is 10.9 Å². The Morgan fingerprint density at radius 3 is 2.73 bits per heavy atom. The summed E-state index contributed by atoms with van der Waals surface area (Å²) < 4.78 is 14.0. The Morgan fingerprint density at radius 1 is 1.32 bits per heavy atom. The lowest BCUT2D eigenvalue weighted by Crippen LogP contribution is -2.48. The second-order valence-corrected chi connectivity index (χ2v) is 5.59. The molecule has 22 heavy (non-hydrogen) atoms. The monoisotopic (exact) mass is 303 g/mol. The summed E-state index contributed by atoms with van der Waals surface area (Å²) in [5.41, 5.74) is 1.39. The van der Waals surface area contributed by atoms with Gasteiger partial charge in [-0.1, -0.05) is 12.1 Å². The fourth-order valence-electron chi connectivity index (χ4n) is 2.85. The SMILES string of the molecule is Cc1cc(N2CCN(CC(=O)O)CC2)nc2c(F)cccc12. The molecule has 1 aliphatic heterocycles. The van der Waals surface area contributed by atoms with Crippen molar-refractivity contribution in [2.24, 2.45) is 0 Å². The van der Waals surface area contributed by atoms with Gasteiger partial charge in [0.25, 0.3) is 0 Å². The molecule has 1 fully saturated rings. The summed E-state index contributed by atoms with van der Waals surface area (Å²) in [6, 6.07) is 6.95. The van der Waals surface area contributed by atoms with Gasteiger partial charge in [0.1, 0.15) is 17.2 Å². The van der Waals surface area contributed by atoms with Gasteiger partial charge >= 0.3 is 5.97 Å². The lowest BCUT2D eigenvalue weighted by Gasteiger charge is -2.34. The molecule has 0 amide bonds. The number of fused-ring (bicyclic) bond motifs is 1. The Balaban J connectivity index is 1.83. The molecule has 3 rings (SSSR count). The van der Waals surface area contributed by atoms with Gasteiger partial charge < -0.3 is 10.0 Å². The molecule has 0 aliphatic carbocycles. The summed E-state index contributed by atoms with van der Waals surface area (Å²) in [6.07, 6.45) is 0. The van der Waals surface area contributed by atoms with Crippen LogP contribution in [0.15, 0.2) is 24.3 Å². The molecule has 0 spiro atoms. The van der Waals surface area contributed by atoms with Gasteiger partial charge in [0.15, 0.2) is 0 Å². The van der Waals surface area contributed by atoms with Crippen LogP contribution in [0.5, 0.6) is 0 Å². The lowest BCUT2D eigenvalue weighted by molar-refractivity contribution is -0.138. The van der Waals surface area contributed by atoms with Crippen LogP contribution in [-0.2, 0) is 4.79 Å². The molecule has 116 valence electrons. The number of nitrogens with zero attached hydrogens (tertiary/aromatic N) is 3. The molecule has 1 aromatic heterocycles. The summed E-state index contributed by atoms with van der Waals surface area (Å²) in [6.45, 7) is 4.74. The van der Waals surface area contributed by atoms with E-state index < -0.39 is 5.97 Å². The molecule has 0 bridgehead atoms. The van der Waals surface area contributed by atoms with Crippen LogP contribution in [0.4, 0.5) is 10.2 Å². The Hall–Kier alpha value is -2.21. The second-order valence-electron chi connectivity index (χ2n) is 5.59. The molecule has 5 nitrogen and oxygen atoms in total. The Labute approximate surface area is 128 Å². The molecule has 1 aliphatic rings. The zero-order valence-corrected chi connectivity index (χ0v) is 12.4. The minimum atomic E-state index is -0.810. The third-order valence-corrected chi connectivity index (χ3v) is 4.04. The fourth-order valence-corrected chi connectivity index (χ4v) is 2.85. The Kier molecular flexibility index (Phi) is 3.94. The van der Waals surface area contributed by atoms with Gasteiger partial charge in [-0.3, -0.25) is 9.69 Å². The van der Waals surface area contributed by atoms with Crippen molar-refractivity contribution >= 4 is 22.7 Å². The van der Waals surface area contributed by atoms with Crippen molar-refractivity contribution < 1.29 is 14.3 Å². The van der Waals surface area contributed by atoms with E-state index >= 15 is 0 Å². The first kappa shape index (κ1) is 14.7. The standard InChI is InChI=1S/C16H18FN3O2/c1-11-9-14(18-16-12(11)3-2-4-13(16)17)20-7-5-19(6-8-20)10-15(21)22/h2-4,9H,5-8,10H2,1H3,(H,21,22). The molecule has 1 aromatic carbocycles. The van der Waals surface area contributed by atoms with Crippen molar-refractivity contribution in [2.45, 2.75) is 6.92 Å². The molecule has 2 aromatic rings. The highest BCUT2D eigenvalue weighted by Crippen LogP contribution is 2.25. The first-order chi connectivity index (χ1) is 10.5. The van der Waals surface area contributed by atoms with E-state index in [2.05, 4.69) is 9.88 Å². The molecular weight excluding hydrogens is 285 g/mol. The largest absolute Gasteiger partial charge is 0.480 e. The highest BCUT2D eigenvalue weighted by Gasteiger charge is 2.20. The van der Waals surface area contributed by atoms with E-state index in [0.717, 1.165) is 16.8 Å². The lowest BCUT2D eigenvalue weighted by atomic mass is 10.1. The number of aryl methyl sites for hydroxylation is 1. The van der Waals surface area contributed by atoms with Crippen LogP contribution in [0.1, 0.15) is 5.56 Å². The number of halogens is 1. The van der Waals surface area contributed by atoms with Crippen molar-refractivity contribution in [3.63, 3.8) is 0 Å². The molecule has 1 N–H and O–H groups in total. The molecule has 0 unspecified atom stereocenters. The number of para-hydroxylation sites is 1. The molecule has 0 radical (unpaired) electrons. The van der Waals surface area contributed by atoms with Gasteiger partial charge in [-0.25, -0.2) is 9.37 Å². The summed E-state index contributed by atoms with van der Waals surface area (Å²) in [5.74, 6) is -0.368. The average molecular weight is 303 g/mol. The number of pyridine rings is 1. The van der Waals surface area contributed by atoms with E-state index in [1.54, 1.807) is 6.07 Å². The summed E-state index contributed by atoms with van der Waals surface area (Å²) in [5, 5.41) is 9.65. The minimum Gasteiger partial charge on any atom is -0.480 e. The van der Waals surface area contributed by atoms with Crippen LogP contribution >= 0.6 is 0 Å². The highest BCUT2D eigenvalue weighted by atomic mass is 19.1. The van der Waals surface area contributed by atoms with Gasteiger partial charge in [0.2, 0.25) is 0 Å². The number of hydrogen-bond donors (Lipinski definition) is 1. The molecule has 0 atom stereocenters. The third-order valence-electron chi connectivity index (χ3n) is 4.04. The maximum absolute atomic E-state index is 14.0. The number of carboxylic acids is 1. The zero-order chi connectivity index (χ0) is 15.7. The van der Waals surface area contributed by atoms with E-state index in [4.69, 9.17) is 5.11 Å². The predicted octanol–water partition coefficient (Wildman–Crippen LogP) is 1.89. The summed E-state index contributed by atoms with van der Waals surface area (Å²) >= 11 is 0. The average Bonchev–Trinajstić information content (AvgIpc) is 2.48. The number of benzene rings is 1. The smallest absolute Gasteiger partial charge is 0.317 e. The Bertz CT molecular complexity index is 712. The maximum Gasteiger partial charge on any atom is 0.317 e. The number of piperazine rings is 1. The van der Waals surface area contributed by atoms with Crippen LogP contribution in [-0.4, -0.2) is 53.7 Å². The summed E-state index contributed by atoms with van der Waals surface area (Å²) in [7, 11) is 0. The molecular formula is C16H18FN3O2. The number of aromatic nitrogens is 1. The van der Waals surface area contributed by atoms with Crippen LogP contribution in [0.2, 0.25) is 0 Å². The number of aliphatic carboxylic acids is 1. The fraction of sp³-hybridized carbons (Fsp3) is 0.375. The van der Waals surface area contributed by atoms with Gasteiger partial charge in [-0.2, -0.15) is 0 Å².